The average Bonchev–Trinajstić information content (AvgIpc) is 3.22. The number of hydrogen-bond acceptors (Lipinski definition) is 3. The molecule has 4 aromatic rings. The summed E-state index contributed by atoms with van der Waals surface area (Å²) in [6.45, 7) is 0. The second-order valence-electron chi connectivity index (χ2n) is 5.95. The second kappa shape index (κ2) is 6.15. The maximum absolute atomic E-state index is 16.4. The highest BCUT2D eigenvalue weighted by Crippen LogP contribution is 2.39. The van der Waals surface area contributed by atoms with Gasteiger partial charge in [0.25, 0.3) is 5.79 Å². The molecule has 0 radical (unpaired) electrons. The predicted molar refractivity (Wildman–Crippen MR) is 90.5 cm³/mol. The van der Waals surface area contributed by atoms with Crippen LogP contribution in [-0.2, 0) is 12.0 Å². The fourth-order valence-electron chi connectivity index (χ4n) is 2.98. The molecule has 8 heteroatoms. The number of hydrogen-bond donors (Lipinski definition) is 0. The van der Waals surface area contributed by atoms with Gasteiger partial charge in [0.05, 0.1) is 11.1 Å². The van der Waals surface area contributed by atoms with E-state index in [0.717, 1.165) is 29.5 Å². The number of fused-ring (bicyclic) bond motifs is 1. The largest absolute Gasteiger partial charge is 0.416 e. The molecule has 0 saturated carbocycles. The van der Waals surface area contributed by atoms with Gasteiger partial charge in [0, 0.05) is 22.7 Å². The smallest absolute Gasteiger partial charge is 0.256 e. The van der Waals surface area contributed by atoms with Crippen LogP contribution >= 0.6 is 0 Å². The summed E-state index contributed by atoms with van der Waals surface area (Å²) >= 11 is 0. The lowest BCUT2D eigenvalue weighted by atomic mass is 9.93. The zero-order chi connectivity index (χ0) is 19.1. The standard InChI is InChI=1S/C19H12F4N4/c20-18(27-12-24-11-26-27,14-4-1-5-16(10-14)19(21,22)23)15-6-7-17-13(9-15)3-2-8-25-17/h1-12H. The Kier molecular flexibility index (Phi) is 3.91. The van der Waals surface area contributed by atoms with Crippen LogP contribution in [0.4, 0.5) is 17.6 Å². The third kappa shape index (κ3) is 2.92. The molecule has 1 unspecified atom stereocenters. The summed E-state index contributed by atoms with van der Waals surface area (Å²) in [6, 6.07) is 12.2. The highest BCUT2D eigenvalue weighted by Gasteiger charge is 2.40. The minimum Gasteiger partial charge on any atom is -0.256 e. The Morgan fingerprint density at radius 3 is 2.33 bits per heavy atom. The highest BCUT2D eigenvalue weighted by atomic mass is 19.4. The van der Waals surface area contributed by atoms with E-state index in [4.69, 9.17) is 0 Å². The molecule has 27 heavy (non-hydrogen) atoms. The third-order valence-electron chi connectivity index (χ3n) is 4.29. The third-order valence-corrected chi connectivity index (χ3v) is 4.29. The molecule has 0 bridgehead atoms. The lowest BCUT2D eigenvalue weighted by Crippen LogP contribution is -2.32. The van der Waals surface area contributed by atoms with Crippen LogP contribution in [0.1, 0.15) is 16.7 Å². The predicted octanol–water partition coefficient (Wildman–Crippen LogP) is 4.56. The summed E-state index contributed by atoms with van der Waals surface area (Å²) in [4.78, 5) is 7.93. The molecule has 0 N–H and O–H groups in total. The van der Waals surface area contributed by atoms with Crippen molar-refractivity contribution in [1.82, 2.24) is 19.7 Å². The van der Waals surface area contributed by atoms with Gasteiger partial charge in [0.1, 0.15) is 12.7 Å². The summed E-state index contributed by atoms with van der Waals surface area (Å²) < 4.78 is 56.7. The molecule has 4 rings (SSSR count). The Labute approximate surface area is 151 Å². The highest BCUT2D eigenvalue weighted by molar-refractivity contribution is 5.79. The second-order valence-corrected chi connectivity index (χ2v) is 5.95. The van der Waals surface area contributed by atoms with E-state index in [9.17, 15) is 13.2 Å². The van der Waals surface area contributed by atoms with Crippen LogP contribution in [0.15, 0.2) is 73.4 Å². The first-order chi connectivity index (χ1) is 12.9. The van der Waals surface area contributed by atoms with Gasteiger partial charge >= 0.3 is 6.18 Å². The summed E-state index contributed by atoms with van der Waals surface area (Å²) in [7, 11) is 0. The van der Waals surface area contributed by atoms with Gasteiger partial charge in [-0.15, -0.1) is 0 Å². The molecule has 0 aliphatic carbocycles. The molecule has 2 aromatic carbocycles. The maximum Gasteiger partial charge on any atom is 0.416 e. The fourth-order valence-corrected chi connectivity index (χ4v) is 2.98. The van der Waals surface area contributed by atoms with Gasteiger partial charge in [-0.05, 0) is 30.3 Å². The zero-order valence-corrected chi connectivity index (χ0v) is 13.7. The van der Waals surface area contributed by atoms with Crippen molar-refractivity contribution in [3.63, 3.8) is 0 Å². The Bertz CT molecular complexity index is 1090. The Morgan fingerprint density at radius 1 is 0.815 bits per heavy atom. The van der Waals surface area contributed by atoms with E-state index in [2.05, 4.69) is 15.1 Å². The number of halogens is 4. The van der Waals surface area contributed by atoms with Crippen LogP contribution < -0.4 is 0 Å². The van der Waals surface area contributed by atoms with Crippen LogP contribution in [-0.4, -0.2) is 19.7 Å². The Morgan fingerprint density at radius 2 is 1.59 bits per heavy atom. The minimum atomic E-state index is -4.59. The molecule has 0 saturated heterocycles. The Balaban J connectivity index is 1.96. The van der Waals surface area contributed by atoms with Gasteiger partial charge in [-0.1, -0.05) is 24.3 Å². The maximum atomic E-state index is 16.4. The zero-order valence-electron chi connectivity index (χ0n) is 13.7. The number of pyridine rings is 1. The van der Waals surface area contributed by atoms with Crippen LogP contribution in [0.2, 0.25) is 0 Å². The molecular formula is C19H12F4N4. The molecule has 2 aromatic heterocycles. The molecular weight excluding hydrogens is 360 g/mol. The van der Waals surface area contributed by atoms with Crippen molar-refractivity contribution >= 4 is 10.9 Å². The van der Waals surface area contributed by atoms with Gasteiger partial charge < -0.3 is 0 Å². The SMILES string of the molecule is FC(F)(F)c1cccc(C(F)(c2ccc3ncccc3c2)n2cncn2)c1. The minimum absolute atomic E-state index is 0.118. The van der Waals surface area contributed by atoms with Crippen molar-refractivity contribution < 1.29 is 17.6 Å². The number of aromatic nitrogens is 4. The molecule has 0 aliphatic rings. The molecule has 1 atom stereocenters. The number of nitrogens with zero attached hydrogens (tertiary/aromatic N) is 4. The van der Waals surface area contributed by atoms with Crippen molar-refractivity contribution in [2.24, 2.45) is 0 Å². The molecule has 0 fully saturated rings. The monoisotopic (exact) mass is 372 g/mol. The molecule has 2 heterocycles. The lowest BCUT2D eigenvalue weighted by molar-refractivity contribution is -0.137. The van der Waals surface area contributed by atoms with E-state index in [1.54, 1.807) is 30.5 Å². The molecule has 4 nitrogen and oxygen atoms in total. The van der Waals surface area contributed by atoms with Crippen molar-refractivity contribution in [3.8, 4) is 0 Å². The van der Waals surface area contributed by atoms with E-state index in [0.29, 0.717) is 10.9 Å². The van der Waals surface area contributed by atoms with Crippen molar-refractivity contribution in [3.05, 3.63) is 90.1 Å². The lowest BCUT2D eigenvalue weighted by Gasteiger charge is -2.27. The normalized spacial score (nSPS) is 14.2. The van der Waals surface area contributed by atoms with Crippen molar-refractivity contribution in [2.45, 2.75) is 12.0 Å². The first kappa shape index (κ1) is 17.1. The molecule has 0 spiro atoms. The van der Waals surface area contributed by atoms with Gasteiger partial charge in [-0.2, -0.15) is 18.3 Å². The van der Waals surface area contributed by atoms with Crippen molar-refractivity contribution in [2.75, 3.05) is 0 Å². The summed E-state index contributed by atoms with van der Waals surface area (Å²) in [6.07, 6.45) is -0.722. The van der Waals surface area contributed by atoms with E-state index >= 15 is 4.39 Å². The molecule has 136 valence electrons. The van der Waals surface area contributed by atoms with E-state index < -0.39 is 17.5 Å². The van der Waals surface area contributed by atoms with Gasteiger partial charge in [-0.3, -0.25) is 4.98 Å². The van der Waals surface area contributed by atoms with Crippen LogP contribution in [0.3, 0.4) is 0 Å². The van der Waals surface area contributed by atoms with Crippen LogP contribution in [0, 0.1) is 0 Å². The Hall–Kier alpha value is -3.29. The van der Waals surface area contributed by atoms with Crippen LogP contribution in [0.25, 0.3) is 10.9 Å². The van der Waals surface area contributed by atoms with Crippen molar-refractivity contribution in [1.29, 1.82) is 0 Å². The van der Waals surface area contributed by atoms with Gasteiger partial charge in [0.2, 0.25) is 0 Å². The average molecular weight is 372 g/mol. The fraction of sp³-hybridized carbons (Fsp3) is 0.105. The van der Waals surface area contributed by atoms with E-state index in [1.165, 1.54) is 18.2 Å². The van der Waals surface area contributed by atoms with Gasteiger partial charge in [0.15, 0.2) is 0 Å². The number of rotatable bonds is 3. The number of benzene rings is 2. The number of alkyl halides is 4. The van der Waals surface area contributed by atoms with Gasteiger partial charge in [-0.25, -0.2) is 14.1 Å². The summed E-state index contributed by atoms with van der Waals surface area (Å²) in [5.41, 5.74) is -0.380. The summed E-state index contributed by atoms with van der Waals surface area (Å²) in [5.74, 6) is -2.47. The molecule has 0 amide bonds. The molecule has 0 aliphatic heterocycles. The summed E-state index contributed by atoms with van der Waals surface area (Å²) in [5, 5.41) is 4.50. The topological polar surface area (TPSA) is 43.6 Å². The quantitative estimate of drug-likeness (QED) is 0.495. The van der Waals surface area contributed by atoms with E-state index in [1.807, 2.05) is 0 Å². The first-order valence-electron chi connectivity index (χ1n) is 7.96. The van der Waals surface area contributed by atoms with E-state index in [-0.39, 0.29) is 11.1 Å². The first-order valence-corrected chi connectivity index (χ1v) is 7.96. The van der Waals surface area contributed by atoms with Crippen LogP contribution in [0.5, 0.6) is 0 Å².